The van der Waals surface area contributed by atoms with Crippen LogP contribution in [0, 0.1) is 5.92 Å². The van der Waals surface area contributed by atoms with Crippen molar-refractivity contribution in [2.24, 2.45) is 5.92 Å². The van der Waals surface area contributed by atoms with Crippen LogP contribution in [-0.2, 0) is 11.3 Å². The van der Waals surface area contributed by atoms with Crippen molar-refractivity contribution in [2.75, 3.05) is 0 Å². The standard InChI is InChI=1S/C20H22ClNO/c21-18-13-7-6-12-17(18)14-22-20(23)19(16-10-4-5-11-16)15-8-2-1-3-9-15/h1-3,6-9,12-13,16,19H,4-5,10-11,14H2,(H,22,23)/t19-/m0/s1. The molecule has 0 heterocycles. The molecule has 2 nitrogen and oxygen atoms in total. The third kappa shape index (κ3) is 3.94. The Hall–Kier alpha value is -1.80. The lowest BCUT2D eigenvalue weighted by Gasteiger charge is -2.23. The molecule has 0 bridgehead atoms. The molecule has 1 aliphatic carbocycles. The van der Waals surface area contributed by atoms with E-state index >= 15 is 0 Å². The third-order valence-electron chi connectivity index (χ3n) is 4.72. The Kier molecular flexibility index (Phi) is 5.35. The Labute approximate surface area is 142 Å². The van der Waals surface area contributed by atoms with Crippen LogP contribution in [0.25, 0.3) is 0 Å². The maximum absolute atomic E-state index is 12.9. The lowest BCUT2D eigenvalue weighted by molar-refractivity contribution is -0.123. The van der Waals surface area contributed by atoms with Crippen molar-refractivity contribution in [3.63, 3.8) is 0 Å². The lowest BCUT2D eigenvalue weighted by Crippen LogP contribution is -2.32. The molecular formula is C20H22ClNO. The number of rotatable bonds is 5. The highest BCUT2D eigenvalue weighted by atomic mass is 35.5. The summed E-state index contributed by atoms with van der Waals surface area (Å²) in [5.41, 5.74) is 2.08. The Balaban J connectivity index is 1.74. The number of carbonyl (C=O) groups excluding carboxylic acids is 1. The lowest BCUT2D eigenvalue weighted by atomic mass is 9.84. The van der Waals surface area contributed by atoms with E-state index in [-0.39, 0.29) is 11.8 Å². The summed E-state index contributed by atoms with van der Waals surface area (Å²) in [5, 5.41) is 3.79. The summed E-state index contributed by atoms with van der Waals surface area (Å²) < 4.78 is 0. The van der Waals surface area contributed by atoms with E-state index in [0.717, 1.165) is 24.0 Å². The van der Waals surface area contributed by atoms with Crippen LogP contribution in [0.15, 0.2) is 54.6 Å². The molecule has 0 radical (unpaired) electrons. The first-order valence-corrected chi connectivity index (χ1v) is 8.69. The first-order valence-electron chi connectivity index (χ1n) is 8.32. The van der Waals surface area contributed by atoms with Crippen LogP contribution in [0.4, 0.5) is 0 Å². The van der Waals surface area contributed by atoms with Crippen molar-refractivity contribution in [1.82, 2.24) is 5.32 Å². The van der Waals surface area contributed by atoms with Gasteiger partial charge < -0.3 is 5.32 Å². The van der Waals surface area contributed by atoms with Gasteiger partial charge in [-0.15, -0.1) is 0 Å². The van der Waals surface area contributed by atoms with Crippen LogP contribution in [-0.4, -0.2) is 5.91 Å². The van der Waals surface area contributed by atoms with Crippen molar-refractivity contribution < 1.29 is 4.79 Å². The molecule has 3 heteroatoms. The SMILES string of the molecule is O=C(NCc1ccccc1Cl)[C@@H](c1ccccc1)C1CCCC1. The molecule has 3 rings (SSSR count). The molecular weight excluding hydrogens is 306 g/mol. The van der Waals surface area contributed by atoms with E-state index < -0.39 is 0 Å². The van der Waals surface area contributed by atoms with Crippen molar-refractivity contribution in [1.29, 1.82) is 0 Å². The average molecular weight is 328 g/mol. The first-order chi connectivity index (χ1) is 11.3. The second-order valence-corrected chi connectivity index (χ2v) is 6.65. The molecule has 120 valence electrons. The zero-order valence-corrected chi connectivity index (χ0v) is 13.9. The van der Waals surface area contributed by atoms with Gasteiger partial charge in [-0.25, -0.2) is 0 Å². The zero-order chi connectivity index (χ0) is 16.1. The second-order valence-electron chi connectivity index (χ2n) is 6.24. The highest BCUT2D eigenvalue weighted by molar-refractivity contribution is 6.31. The molecule has 1 N–H and O–H groups in total. The fourth-order valence-corrected chi connectivity index (χ4v) is 3.73. The maximum atomic E-state index is 12.9. The Morgan fingerprint density at radius 3 is 2.39 bits per heavy atom. The van der Waals surface area contributed by atoms with E-state index in [0.29, 0.717) is 17.5 Å². The van der Waals surface area contributed by atoms with Gasteiger partial charge in [-0.1, -0.05) is 73.0 Å². The van der Waals surface area contributed by atoms with Crippen molar-refractivity contribution in [3.8, 4) is 0 Å². The summed E-state index contributed by atoms with van der Waals surface area (Å²) in [4.78, 5) is 12.9. The molecule has 0 spiro atoms. The highest BCUT2D eigenvalue weighted by Crippen LogP contribution is 2.37. The molecule has 1 aliphatic rings. The van der Waals surface area contributed by atoms with Gasteiger partial charge in [0, 0.05) is 11.6 Å². The highest BCUT2D eigenvalue weighted by Gasteiger charge is 2.31. The number of benzene rings is 2. The molecule has 1 atom stereocenters. The summed E-state index contributed by atoms with van der Waals surface area (Å²) in [5.74, 6) is 0.507. The topological polar surface area (TPSA) is 29.1 Å². The second kappa shape index (κ2) is 7.65. The summed E-state index contributed by atoms with van der Waals surface area (Å²) in [6.07, 6.45) is 4.73. The number of carbonyl (C=O) groups is 1. The number of hydrogen-bond donors (Lipinski definition) is 1. The molecule has 1 amide bonds. The third-order valence-corrected chi connectivity index (χ3v) is 5.09. The molecule has 1 saturated carbocycles. The molecule has 2 aromatic carbocycles. The molecule has 0 saturated heterocycles. The maximum Gasteiger partial charge on any atom is 0.228 e. The Morgan fingerprint density at radius 1 is 1.04 bits per heavy atom. The van der Waals surface area contributed by atoms with E-state index in [4.69, 9.17) is 11.6 Å². The average Bonchev–Trinajstić information content (AvgIpc) is 3.09. The van der Waals surface area contributed by atoms with Gasteiger partial charge in [0.15, 0.2) is 0 Å². The largest absolute Gasteiger partial charge is 0.351 e. The van der Waals surface area contributed by atoms with Crippen LogP contribution in [0.2, 0.25) is 5.02 Å². The summed E-state index contributed by atoms with van der Waals surface area (Å²) >= 11 is 6.18. The number of halogens is 1. The molecule has 1 fully saturated rings. The van der Waals surface area contributed by atoms with Gasteiger partial charge in [0.25, 0.3) is 0 Å². The van der Waals surface area contributed by atoms with Gasteiger partial charge >= 0.3 is 0 Å². The molecule has 0 aliphatic heterocycles. The van der Waals surface area contributed by atoms with Gasteiger partial charge in [-0.2, -0.15) is 0 Å². The van der Waals surface area contributed by atoms with E-state index in [1.54, 1.807) is 0 Å². The van der Waals surface area contributed by atoms with Gasteiger partial charge in [0.2, 0.25) is 5.91 Å². The van der Waals surface area contributed by atoms with Crippen LogP contribution in [0.3, 0.4) is 0 Å². The normalized spacial score (nSPS) is 16.2. The molecule has 2 aromatic rings. The van der Waals surface area contributed by atoms with Gasteiger partial charge in [-0.3, -0.25) is 4.79 Å². The number of hydrogen-bond acceptors (Lipinski definition) is 1. The van der Waals surface area contributed by atoms with Crippen molar-refractivity contribution >= 4 is 17.5 Å². The smallest absolute Gasteiger partial charge is 0.228 e. The van der Waals surface area contributed by atoms with Gasteiger partial charge in [0.1, 0.15) is 0 Å². The van der Waals surface area contributed by atoms with Crippen LogP contribution < -0.4 is 5.32 Å². The fraction of sp³-hybridized carbons (Fsp3) is 0.350. The van der Waals surface area contributed by atoms with Crippen molar-refractivity contribution in [3.05, 3.63) is 70.7 Å². The van der Waals surface area contributed by atoms with Crippen LogP contribution in [0.5, 0.6) is 0 Å². The number of amides is 1. The van der Waals surface area contributed by atoms with E-state index in [1.165, 1.54) is 12.8 Å². The Morgan fingerprint density at radius 2 is 1.70 bits per heavy atom. The monoisotopic (exact) mass is 327 g/mol. The minimum absolute atomic E-state index is 0.0545. The van der Waals surface area contributed by atoms with Gasteiger partial charge in [0.05, 0.1) is 5.92 Å². The van der Waals surface area contributed by atoms with E-state index in [9.17, 15) is 4.79 Å². The predicted molar refractivity (Wildman–Crippen MR) is 94.4 cm³/mol. The van der Waals surface area contributed by atoms with Gasteiger partial charge in [-0.05, 0) is 36.0 Å². The minimum Gasteiger partial charge on any atom is -0.351 e. The Bertz CT molecular complexity index is 650. The van der Waals surface area contributed by atoms with E-state index in [2.05, 4.69) is 17.4 Å². The van der Waals surface area contributed by atoms with Crippen LogP contribution in [0.1, 0.15) is 42.7 Å². The van der Waals surface area contributed by atoms with Crippen molar-refractivity contribution in [2.45, 2.75) is 38.1 Å². The predicted octanol–water partition coefficient (Wildman–Crippen LogP) is 4.93. The number of nitrogens with one attached hydrogen (secondary N) is 1. The quantitative estimate of drug-likeness (QED) is 0.828. The zero-order valence-electron chi connectivity index (χ0n) is 13.2. The molecule has 0 aromatic heterocycles. The van der Waals surface area contributed by atoms with Crippen LogP contribution >= 0.6 is 11.6 Å². The first kappa shape index (κ1) is 16.1. The molecule has 23 heavy (non-hydrogen) atoms. The summed E-state index contributed by atoms with van der Waals surface area (Å²) in [6, 6.07) is 17.8. The fourth-order valence-electron chi connectivity index (χ4n) is 3.52. The summed E-state index contributed by atoms with van der Waals surface area (Å²) in [7, 11) is 0. The summed E-state index contributed by atoms with van der Waals surface area (Å²) in [6.45, 7) is 0.481. The minimum atomic E-state index is -0.0545. The van der Waals surface area contributed by atoms with E-state index in [1.807, 2.05) is 42.5 Å². The molecule has 0 unspecified atom stereocenters.